The van der Waals surface area contributed by atoms with Crippen molar-refractivity contribution in [1.82, 2.24) is 20.9 Å². The molecule has 2 aliphatic carbocycles. The van der Waals surface area contributed by atoms with Gasteiger partial charge in [-0.1, -0.05) is 69.7 Å². The zero-order valence-electron chi connectivity index (χ0n) is 22.8. The van der Waals surface area contributed by atoms with Gasteiger partial charge in [0.25, 0.3) is 0 Å². The number of aliphatic hydroxyl groups is 1. The molecule has 8 nitrogen and oxygen atoms in total. The number of carbonyl (C=O) groups excluding carboxylic acids is 3. The van der Waals surface area contributed by atoms with Gasteiger partial charge in [0.1, 0.15) is 12.1 Å². The van der Waals surface area contributed by atoms with Crippen LogP contribution in [0.3, 0.4) is 0 Å². The molecular formula is C29H44N4O4. The van der Waals surface area contributed by atoms with Crippen LogP contribution in [0.4, 0.5) is 0 Å². The van der Waals surface area contributed by atoms with Gasteiger partial charge in [-0.3, -0.25) is 14.4 Å². The van der Waals surface area contributed by atoms with Gasteiger partial charge in [0, 0.05) is 31.0 Å². The Morgan fingerprint density at radius 3 is 2.68 bits per heavy atom. The first-order valence-corrected chi connectivity index (χ1v) is 13.6. The molecule has 37 heavy (non-hydrogen) atoms. The predicted octanol–water partition coefficient (Wildman–Crippen LogP) is 2.37. The lowest BCUT2D eigenvalue weighted by molar-refractivity contribution is -0.145. The summed E-state index contributed by atoms with van der Waals surface area (Å²) in [5.74, 6) is -0.415. The number of amides is 3. The van der Waals surface area contributed by atoms with Crippen LogP contribution in [0.2, 0.25) is 0 Å². The molecule has 0 saturated carbocycles. The minimum absolute atomic E-state index is 0.0568. The third-order valence-electron chi connectivity index (χ3n) is 7.04. The van der Waals surface area contributed by atoms with Gasteiger partial charge in [-0.25, -0.2) is 0 Å². The average molecular weight is 513 g/mol. The highest BCUT2D eigenvalue weighted by Gasteiger charge is 2.39. The Morgan fingerprint density at radius 1 is 1.16 bits per heavy atom. The Labute approximate surface area is 221 Å². The summed E-state index contributed by atoms with van der Waals surface area (Å²) >= 11 is 0. The van der Waals surface area contributed by atoms with E-state index in [1.54, 1.807) is 4.90 Å². The normalized spacial score (nSPS) is 22.6. The van der Waals surface area contributed by atoms with Crippen molar-refractivity contribution < 1.29 is 19.5 Å². The van der Waals surface area contributed by atoms with Gasteiger partial charge in [-0.05, 0) is 44.2 Å². The lowest BCUT2D eigenvalue weighted by atomic mass is 9.82. The second-order valence-corrected chi connectivity index (χ2v) is 11.3. The Balaban J connectivity index is 1.70. The number of hydrogen-bond donors (Lipinski definition) is 4. The van der Waals surface area contributed by atoms with Crippen LogP contribution in [0, 0.1) is 11.3 Å². The van der Waals surface area contributed by atoms with Crippen LogP contribution in [0.15, 0.2) is 47.6 Å². The Morgan fingerprint density at radius 2 is 1.95 bits per heavy atom. The maximum absolute atomic E-state index is 13.4. The van der Waals surface area contributed by atoms with Gasteiger partial charge in [0.05, 0.1) is 6.10 Å². The summed E-state index contributed by atoms with van der Waals surface area (Å²) in [7, 11) is 0. The number of hydrogen-bond acceptors (Lipinski definition) is 5. The molecule has 1 saturated heterocycles. The van der Waals surface area contributed by atoms with Crippen molar-refractivity contribution in [1.29, 1.82) is 0 Å². The summed E-state index contributed by atoms with van der Waals surface area (Å²) in [5.41, 5.74) is 1.73. The fourth-order valence-electron chi connectivity index (χ4n) is 4.99. The van der Waals surface area contributed by atoms with Gasteiger partial charge in [-0.2, -0.15) is 0 Å². The molecule has 3 rings (SSSR count). The summed E-state index contributed by atoms with van der Waals surface area (Å²) in [6.45, 7) is 9.43. The molecule has 0 aromatic carbocycles. The van der Waals surface area contributed by atoms with E-state index in [4.69, 9.17) is 0 Å². The number of likely N-dealkylation sites (tertiary alicyclic amines) is 1. The smallest absolute Gasteiger partial charge is 0.243 e. The minimum Gasteiger partial charge on any atom is -0.390 e. The van der Waals surface area contributed by atoms with E-state index in [2.05, 4.69) is 34.2 Å². The first kappa shape index (κ1) is 28.9. The highest BCUT2D eigenvalue weighted by Crippen LogP contribution is 2.32. The summed E-state index contributed by atoms with van der Waals surface area (Å²) in [6, 6.07) is -1.37. The quantitative estimate of drug-likeness (QED) is 0.318. The zero-order chi connectivity index (χ0) is 27.0. The first-order chi connectivity index (χ1) is 17.6. The fourth-order valence-corrected chi connectivity index (χ4v) is 4.99. The van der Waals surface area contributed by atoms with Gasteiger partial charge >= 0.3 is 0 Å². The molecule has 204 valence electrons. The Kier molecular flexibility index (Phi) is 10.3. The van der Waals surface area contributed by atoms with E-state index in [1.807, 2.05) is 45.9 Å². The second kappa shape index (κ2) is 13.2. The zero-order valence-corrected chi connectivity index (χ0v) is 22.8. The number of aliphatic hydroxyl groups excluding tert-OH is 1. The van der Waals surface area contributed by atoms with E-state index >= 15 is 0 Å². The lowest BCUT2D eigenvalue weighted by Crippen LogP contribution is -2.55. The van der Waals surface area contributed by atoms with Crippen molar-refractivity contribution in [3.05, 3.63) is 47.6 Å². The molecule has 1 fully saturated rings. The molecule has 3 amide bonds. The third-order valence-corrected chi connectivity index (χ3v) is 7.04. The molecule has 1 aliphatic heterocycles. The van der Waals surface area contributed by atoms with Gasteiger partial charge in [-0.15, -0.1) is 0 Å². The van der Waals surface area contributed by atoms with Crippen molar-refractivity contribution in [3.8, 4) is 0 Å². The van der Waals surface area contributed by atoms with Crippen LogP contribution in [-0.4, -0.2) is 72.1 Å². The maximum Gasteiger partial charge on any atom is 0.243 e. The molecule has 0 radical (unpaired) electrons. The van der Waals surface area contributed by atoms with Gasteiger partial charge in [0.2, 0.25) is 17.7 Å². The number of allylic oxidation sites excluding steroid dienone is 7. The third kappa shape index (κ3) is 8.14. The van der Waals surface area contributed by atoms with Crippen molar-refractivity contribution in [2.24, 2.45) is 11.3 Å². The Bertz CT molecular complexity index is 959. The number of fused-ring (bicyclic) bond motifs is 1. The van der Waals surface area contributed by atoms with E-state index < -0.39 is 23.6 Å². The molecule has 0 aromatic rings. The summed E-state index contributed by atoms with van der Waals surface area (Å²) in [5, 5.41) is 19.2. The molecule has 0 bridgehead atoms. The first-order valence-electron chi connectivity index (χ1n) is 13.6. The van der Waals surface area contributed by atoms with Crippen LogP contribution in [0.5, 0.6) is 0 Å². The van der Waals surface area contributed by atoms with Crippen LogP contribution in [-0.2, 0) is 14.4 Å². The number of rotatable bonds is 11. The number of carbonyl (C=O) groups is 3. The Hall–Kier alpha value is -2.71. The van der Waals surface area contributed by atoms with E-state index in [9.17, 15) is 19.5 Å². The largest absolute Gasteiger partial charge is 0.390 e. The van der Waals surface area contributed by atoms with Crippen LogP contribution < -0.4 is 16.0 Å². The summed E-state index contributed by atoms with van der Waals surface area (Å²) < 4.78 is 0. The highest BCUT2D eigenvalue weighted by molar-refractivity contribution is 5.93. The second-order valence-electron chi connectivity index (χ2n) is 11.3. The topological polar surface area (TPSA) is 111 Å². The SMILES string of the molecule is CCCNCC(O)CNC(=O)[C@@H](CC1=CC=C2C=CC=CC2C1)NC(=O)C1CCCN1C(=O)C(C)(C)C. The average Bonchev–Trinajstić information content (AvgIpc) is 3.36. The minimum atomic E-state index is -0.792. The number of nitrogens with zero attached hydrogens (tertiary/aromatic N) is 1. The van der Waals surface area contributed by atoms with Crippen molar-refractivity contribution >= 4 is 17.7 Å². The molecule has 3 aliphatic rings. The molecule has 0 aromatic heterocycles. The molecule has 0 spiro atoms. The van der Waals surface area contributed by atoms with Gasteiger partial charge < -0.3 is 26.0 Å². The van der Waals surface area contributed by atoms with Crippen molar-refractivity contribution in [2.75, 3.05) is 26.2 Å². The molecular weight excluding hydrogens is 468 g/mol. The van der Waals surface area contributed by atoms with E-state index in [-0.39, 0.29) is 30.2 Å². The number of nitrogens with one attached hydrogen (secondary N) is 3. The predicted molar refractivity (Wildman–Crippen MR) is 145 cm³/mol. The van der Waals surface area contributed by atoms with Crippen molar-refractivity contribution in [3.63, 3.8) is 0 Å². The van der Waals surface area contributed by atoms with Gasteiger partial charge in [0.15, 0.2) is 0 Å². The molecule has 4 atom stereocenters. The van der Waals surface area contributed by atoms with E-state index in [0.29, 0.717) is 25.9 Å². The molecule has 3 unspecified atom stereocenters. The standard InChI is InChI=1S/C29H44N4O4/c1-5-14-30-18-23(34)19-31-26(35)24(17-20-12-13-21-9-6-7-10-22(21)16-20)32-27(36)25-11-8-15-33(25)28(37)29(2,3)4/h6-7,9-10,12-13,22-25,30,34H,5,8,11,14-19H2,1-4H3,(H,31,35)(H,32,36)/t22?,23?,24-,25?/m1/s1. The summed E-state index contributed by atoms with van der Waals surface area (Å²) in [6.07, 6.45) is 15.1. The molecule has 8 heteroatoms. The van der Waals surface area contributed by atoms with Crippen LogP contribution in [0.1, 0.15) is 59.8 Å². The maximum atomic E-state index is 13.4. The summed E-state index contributed by atoms with van der Waals surface area (Å²) in [4.78, 5) is 41.2. The van der Waals surface area contributed by atoms with E-state index in [1.165, 1.54) is 5.57 Å². The highest BCUT2D eigenvalue weighted by atomic mass is 16.3. The molecule has 4 N–H and O–H groups in total. The van der Waals surface area contributed by atoms with E-state index in [0.717, 1.165) is 31.4 Å². The lowest BCUT2D eigenvalue weighted by Gasteiger charge is -2.31. The fraction of sp³-hybridized carbons (Fsp3) is 0.621. The molecule has 1 heterocycles. The monoisotopic (exact) mass is 512 g/mol. The van der Waals surface area contributed by atoms with Crippen molar-refractivity contribution in [2.45, 2.75) is 78.0 Å². The van der Waals surface area contributed by atoms with Crippen LogP contribution in [0.25, 0.3) is 0 Å². The van der Waals surface area contributed by atoms with Crippen LogP contribution >= 0.6 is 0 Å².